The Morgan fingerprint density at radius 2 is 1.76 bits per heavy atom. The molecule has 0 spiro atoms. The first-order chi connectivity index (χ1) is 11.9. The maximum atomic E-state index is 12.7. The molecule has 2 heterocycles. The van der Waals surface area contributed by atoms with Gasteiger partial charge in [0.05, 0.1) is 21.1 Å². The second-order valence-electron chi connectivity index (χ2n) is 6.09. The predicted molar refractivity (Wildman–Crippen MR) is 99.7 cm³/mol. The molecule has 0 amide bonds. The van der Waals surface area contributed by atoms with Crippen molar-refractivity contribution in [1.29, 1.82) is 0 Å². The number of rotatable bonds is 4. The fourth-order valence-electron chi connectivity index (χ4n) is 2.91. The summed E-state index contributed by atoms with van der Waals surface area (Å²) >= 11 is 3.41. The van der Waals surface area contributed by atoms with E-state index in [1.54, 1.807) is 34.8 Å². The van der Waals surface area contributed by atoms with Crippen molar-refractivity contribution in [2.24, 2.45) is 0 Å². The molecule has 1 unspecified atom stereocenters. The molecular weight excluding hydrogens is 404 g/mol. The minimum atomic E-state index is -3.42. The van der Waals surface area contributed by atoms with Crippen LogP contribution < -0.4 is 0 Å². The molecule has 0 saturated carbocycles. The van der Waals surface area contributed by atoms with Gasteiger partial charge in [-0.25, -0.2) is 18.4 Å². The van der Waals surface area contributed by atoms with E-state index in [9.17, 15) is 8.42 Å². The van der Waals surface area contributed by atoms with E-state index in [0.717, 1.165) is 16.0 Å². The van der Waals surface area contributed by atoms with Gasteiger partial charge >= 0.3 is 0 Å². The summed E-state index contributed by atoms with van der Waals surface area (Å²) in [4.78, 5) is 11.5. The number of benzene rings is 1. The summed E-state index contributed by atoms with van der Waals surface area (Å²) in [6.07, 6.45) is 1.77. The van der Waals surface area contributed by atoms with Crippen molar-refractivity contribution in [3.05, 3.63) is 52.5 Å². The smallest absolute Gasteiger partial charge is 0.243 e. The molecule has 0 bridgehead atoms. The van der Waals surface area contributed by atoms with E-state index in [1.807, 2.05) is 13.0 Å². The quantitative estimate of drug-likeness (QED) is 0.754. The van der Waals surface area contributed by atoms with Crippen LogP contribution in [0.1, 0.15) is 24.5 Å². The zero-order valence-electron chi connectivity index (χ0n) is 14.3. The van der Waals surface area contributed by atoms with Gasteiger partial charge in [0.25, 0.3) is 0 Å². The molecule has 0 radical (unpaired) electrons. The summed E-state index contributed by atoms with van der Waals surface area (Å²) in [6.45, 7) is 6.25. The summed E-state index contributed by atoms with van der Waals surface area (Å²) in [5.74, 6) is 0.764. The maximum Gasteiger partial charge on any atom is 0.243 e. The Balaban J connectivity index is 1.68. The molecule has 8 heteroatoms. The Morgan fingerprint density at radius 3 is 2.36 bits per heavy atom. The third-order valence-electron chi connectivity index (χ3n) is 4.51. The molecule has 2 aromatic rings. The first-order valence-corrected chi connectivity index (χ1v) is 10.4. The standard InChI is InChI=1S/C17H21BrN4O2S/c1-13-16(18)12-19-17(20-13)14(2)21-8-10-22(11-9-21)25(23,24)15-6-4-3-5-7-15/h3-7,12,14H,8-11H2,1-2H3. The molecule has 1 aromatic carbocycles. The van der Waals surface area contributed by atoms with Crippen molar-refractivity contribution in [2.75, 3.05) is 26.2 Å². The minimum Gasteiger partial charge on any atom is -0.291 e. The number of hydrogen-bond donors (Lipinski definition) is 0. The second-order valence-corrected chi connectivity index (χ2v) is 8.88. The van der Waals surface area contributed by atoms with Gasteiger partial charge in [-0.15, -0.1) is 0 Å². The van der Waals surface area contributed by atoms with Crippen LogP contribution >= 0.6 is 15.9 Å². The van der Waals surface area contributed by atoms with Crippen molar-refractivity contribution >= 4 is 26.0 Å². The lowest BCUT2D eigenvalue weighted by molar-refractivity contribution is 0.141. The molecule has 1 atom stereocenters. The van der Waals surface area contributed by atoms with Gasteiger partial charge in [-0.2, -0.15) is 4.31 Å². The Hall–Kier alpha value is -1.35. The Morgan fingerprint density at radius 1 is 1.12 bits per heavy atom. The number of aryl methyl sites for hydroxylation is 1. The fraction of sp³-hybridized carbons (Fsp3) is 0.412. The Labute approximate surface area is 157 Å². The van der Waals surface area contributed by atoms with Crippen LogP contribution in [0.5, 0.6) is 0 Å². The lowest BCUT2D eigenvalue weighted by Crippen LogP contribution is -2.49. The van der Waals surface area contributed by atoms with Crippen LogP contribution in [-0.4, -0.2) is 53.8 Å². The van der Waals surface area contributed by atoms with E-state index in [-0.39, 0.29) is 6.04 Å². The summed E-state index contributed by atoms with van der Waals surface area (Å²) < 4.78 is 27.8. The van der Waals surface area contributed by atoms with Crippen molar-refractivity contribution in [1.82, 2.24) is 19.2 Å². The van der Waals surface area contributed by atoms with Crippen LogP contribution in [-0.2, 0) is 10.0 Å². The average Bonchev–Trinajstić information content (AvgIpc) is 2.64. The highest BCUT2D eigenvalue weighted by molar-refractivity contribution is 9.10. The number of piperazine rings is 1. The van der Waals surface area contributed by atoms with E-state index < -0.39 is 10.0 Å². The van der Waals surface area contributed by atoms with Gasteiger partial charge in [-0.3, -0.25) is 4.90 Å². The normalized spacial score (nSPS) is 18.2. The largest absolute Gasteiger partial charge is 0.291 e. The van der Waals surface area contributed by atoms with Crippen molar-refractivity contribution in [3.63, 3.8) is 0 Å². The summed E-state index contributed by atoms with van der Waals surface area (Å²) in [5.41, 5.74) is 0.905. The van der Waals surface area contributed by atoms with Crippen LogP contribution in [0.2, 0.25) is 0 Å². The molecule has 1 aliphatic rings. The number of hydrogen-bond acceptors (Lipinski definition) is 5. The van der Waals surface area contributed by atoms with E-state index in [1.165, 1.54) is 0 Å². The van der Waals surface area contributed by atoms with Gasteiger partial charge in [0.15, 0.2) is 0 Å². The minimum absolute atomic E-state index is 0.0494. The molecule has 1 saturated heterocycles. The summed E-state index contributed by atoms with van der Waals surface area (Å²) in [7, 11) is -3.42. The number of nitrogens with zero attached hydrogens (tertiary/aromatic N) is 4. The molecular formula is C17H21BrN4O2S. The van der Waals surface area contributed by atoms with Crippen LogP contribution in [0.4, 0.5) is 0 Å². The van der Waals surface area contributed by atoms with Crippen LogP contribution in [0.15, 0.2) is 45.9 Å². The second kappa shape index (κ2) is 7.49. The third-order valence-corrected chi connectivity index (χ3v) is 7.21. The SMILES string of the molecule is Cc1nc(C(C)N2CCN(S(=O)(=O)c3ccccc3)CC2)ncc1Br. The number of halogens is 1. The molecule has 6 nitrogen and oxygen atoms in total. The summed E-state index contributed by atoms with van der Waals surface area (Å²) in [5, 5.41) is 0. The lowest BCUT2D eigenvalue weighted by Gasteiger charge is -2.36. The third kappa shape index (κ3) is 3.92. The predicted octanol–water partition coefficient (Wildman–Crippen LogP) is 2.62. The van der Waals surface area contributed by atoms with Crippen molar-refractivity contribution in [3.8, 4) is 0 Å². The van der Waals surface area contributed by atoms with Gasteiger partial charge in [0, 0.05) is 32.4 Å². The highest BCUT2D eigenvalue weighted by Crippen LogP contribution is 2.23. The average molecular weight is 425 g/mol. The first kappa shape index (κ1) is 18.4. The maximum absolute atomic E-state index is 12.7. The lowest BCUT2D eigenvalue weighted by atomic mass is 10.2. The van der Waals surface area contributed by atoms with Crippen molar-refractivity contribution in [2.45, 2.75) is 24.8 Å². The summed E-state index contributed by atoms with van der Waals surface area (Å²) in [6, 6.07) is 8.65. The Bertz CT molecular complexity index is 837. The van der Waals surface area contributed by atoms with E-state index >= 15 is 0 Å². The number of sulfonamides is 1. The molecule has 0 N–H and O–H groups in total. The van der Waals surface area contributed by atoms with Crippen LogP contribution in [0.25, 0.3) is 0 Å². The molecule has 3 rings (SSSR count). The highest BCUT2D eigenvalue weighted by atomic mass is 79.9. The first-order valence-electron chi connectivity index (χ1n) is 8.18. The Kier molecular flexibility index (Phi) is 5.52. The van der Waals surface area contributed by atoms with Crippen LogP contribution in [0.3, 0.4) is 0 Å². The molecule has 25 heavy (non-hydrogen) atoms. The fourth-order valence-corrected chi connectivity index (χ4v) is 4.54. The van der Waals surface area contributed by atoms with E-state index in [2.05, 4.69) is 37.7 Å². The zero-order chi connectivity index (χ0) is 18.0. The van der Waals surface area contributed by atoms with Gasteiger partial charge < -0.3 is 0 Å². The topological polar surface area (TPSA) is 66.4 Å². The molecule has 1 fully saturated rings. The van der Waals surface area contributed by atoms with Gasteiger partial charge in [-0.05, 0) is 41.9 Å². The monoisotopic (exact) mass is 424 g/mol. The highest BCUT2D eigenvalue weighted by Gasteiger charge is 2.30. The number of aromatic nitrogens is 2. The zero-order valence-corrected chi connectivity index (χ0v) is 16.7. The molecule has 1 aliphatic heterocycles. The van der Waals surface area contributed by atoms with Gasteiger partial charge in [0.2, 0.25) is 10.0 Å². The van der Waals surface area contributed by atoms with Crippen molar-refractivity contribution < 1.29 is 8.42 Å². The van der Waals surface area contributed by atoms with Gasteiger partial charge in [0.1, 0.15) is 5.82 Å². The van der Waals surface area contributed by atoms with E-state index in [0.29, 0.717) is 31.1 Å². The van der Waals surface area contributed by atoms with Gasteiger partial charge in [-0.1, -0.05) is 18.2 Å². The molecule has 0 aliphatic carbocycles. The molecule has 1 aromatic heterocycles. The van der Waals surface area contributed by atoms with Crippen LogP contribution in [0, 0.1) is 6.92 Å². The van der Waals surface area contributed by atoms with E-state index in [4.69, 9.17) is 0 Å². The molecule has 134 valence electrons.